The lowest BCUT2D eigenvalue weighted by atomic mass is 9.95. The van der Waals surface area contributed by atoms with Crippen molar-refractivity contribution in [3.05, 3.63) is 89.5 Å². The number of carbonyl (C=O) groups excluding carboxylic acids is 2. The van der Waals surface area contributed by atoms with E-state index < -0.39 is 17.9 Å². The molecule has 4 rings (SSSR count). The van der Waals surface area contributed by atoms with E-state index in [-0.39, 0.29) is 12.3 Å². The van der Waals surface area contributed by atoms with E-state index in [1.165, 1.54) is 7.11 Å². The topological polar surface area (TPSA) is 64.6 Å². The zero-order valence-electron chi connectivity index (χ0n) is 16.9. The largest absolute Gasteiger partial charge is 0.496 e. The summed E-state index contributed by atoms with van der Waals surface area (Å²) in [6.45, 7) is 0. The minimum Gasteiger partial charge on any atom is -0.496 e. The molecule has 0 aromatic heterocycles. The maximum absolute atomic E-state index is 13.4. The van der Waals surface area contributed by atoms with Crippen LogP contribution in [0, 0.1) is 0 Å². The Labute approximate surface area is 175 Å². The Balaban J connectivity index is 1.64. The van der Waals surface area contributed by atoms with Crippen molar-refractivity contribution in [3.8, 4) is 16.9 Å². The molecule has 1 amide bonds. The lowest BCUT2D eigenvalue weighted by molar-refractivity contribution is -0.145. The number of methoxy groups -OCH3 is 2. The third-order valence-corrected chi connectivity index (χ3v) is 5.51. The molecule has 0 saturated carbocycles. The molecule has 5 nitrogen and oxygen atoms in total. The second-order valence-electron chi connectivity index (χ2n) is 7.21. The van der Waals surface area contributed by atoms with Crippen LogP contribution in [0.1, 0.15) is 22.6 Å². The molecule has 0 unspecified atom stereocenters. The summed E-state index contributed by atoms with van der Waals surface area (Å²) in [5.74, 6) is -0.522. The van der Waals surface area contributed by atoms with E-state index >= 15 is 0 Å². The Kier molecular flexibility index (Phi) is 5.53. The Hall–Kier alpha value is -3.60. The van der Waals surface area contributed by atoms with Crippen molar-refractivity contribution in [2.24, 2.45) is 0 Å². The van der Waals surface area contributed by atoms with Gasteiger partial charge in [0.05, 0.1) is 20.1 Å². The molecule has 1 N–H and O–H groups in total. The van der Waals surface area contributed by atoms with Crippen molar-refractivity contribution in [1.82, 2.24) is 5.32 Å². The lowest BCUT2D eigenvalue weighted by Gasteiger charge is -2.21. The number of rotatable bonds is 6. The molecule has 0 bridgehead atoms. The Bertz CT molecular complexity index is 1050. The van der Waals surface area contributed by atoms with Crippen LogP contribution in [0.3, 0.4) is 0 Å². The summed E-state index contributed by atoms with van der Waals surface area (Å²) in [4.78, 5) is 25.9. The van der Waals surface area contributed by atoms with Gasteiger partial charge < -0.3 is 14.8 Å². The van der Waals surface area contributed by atoms with Crippen LogP contribution >= 0.6 is 0 Å². The van der Waals surface area contributed by atoms with Gasteiger partial charge in [0.15, 0.2) is 0 Å². The van der Waals surface area contributed by atoms with Crippen molar-refractivity contribution < 1.29 is 19.1 Å². The maximum Gasteiger partial charge on any atom is 0.328 e. The first-order valence-corrected chi connectivity index (χ1v) is 9.82. The molecular weight excluding hydrogens is 378 g/mol. The first-order chi connectivity index (χ1) is 14.6. The fraction of sp³-hybridized carbons (Fsp3) is 0.200. The molecule has 3 aromatic rings. The van der Waals surface area contributed by atoms with Crippen LogP contribution < -0.4 is 10.1 Å². The third kappa shape index (κ3) is 3.54. The molecule has 5 heteroatoms. The molecule has 3 aromatic carbocycles. The smallest absolute Gasteiger partial charge is 0.328 e. The molecule has 1 aliphatic carbocycles. The maximum atomic E-state index is 13.4. The zero-order valence-corrected chi connectivity index (χ0v) is 16.9. The Morgan fingerprint density at radius 2 is 1.43 bits per heavy atom. The average molecular weight is 401 g/mol. The number of benzene rings is 3. The predicted octanol–water partition coefficient (Wildman–Crippen LogP) is 3.71. The summed E-state index contributed by atoms with van der Waals surface area (Å²) in [5.41, 5.74) is 4.80. The minimum atomic E-state index is -0.821. The van der Waals surface area contributed by atoms with Gasteiger partial charge in [0.25, 0.3) is 0 Å². The van der Waals surface area contributed by atoms with Gasteiger partial charge in [-0.05, 0) is 33.9 Å². The van der Waals surface area contributed by atoms with Crippen LogP contribution in [-0.4, -0.2) is 32.1 Å². The number of hydrogen-bond donors (Lipinski definition) is 1. The van der Waals surface area contributed by atoms with E-state index in [9.17, 15) is 9.59 Å². The number of fused-ring (bicyclic) bond motifs is 3. The lowest BCUT2D eigenvalue weighted by Crippen LogP contribution is -2.45. The monoisotopic (exact) mass is 401 g/mol. The van der Waals surface area contributed by atoms with Gasteiger partial charge in [-0.2, -0.15) is 0 Å². The summed E-state index contributed by atoms with van der Waals surface area (Å²) in [7, 11) is 2.90. The van der Waals surface area contributed by atoms with Crippen molar-refractivity contribution in [1.29, 1.82) is 0 Å². The zero-order chi connectivity index (χ0) is 21.1. The second kappa shape index (κ2) is 8.41. The van der Waals surface area contributed by atoms with Gasteiger partial charge >= 0.3 is 5.97 Å². The number of carbonyl (C=O) groups is 2. The van der Waals surface area contributed by atoms with Crippen molar-refractivity contribution in [2.45, 2.75) is 18.4 Å². The van der Waals surface area contributed by atoms with Gasteiger partial charge in [0.1, 0.15) is 11.8 Å². The highest BCUT2D eigenvalue weighted by Gasteiger charge is 2.35. The fourth-order valence-corrected chi connectivity index (χ4v) is 4.12. The number of amides is 1. The van der Waals surface area contributed by atoms with Crippen LogP contribution in [0.15, 0.2) is 72.8 Å². The highest BCUT2D eigenvalue weighted by Crippen LogP contribution is 2.44. The number of nitrogens with one attached hydrogen (secondary N) is 1. The van der Waals surface area contributed by atoms with Gasteiger partial charge in [-0.3, -0.25) is 4.79 Å². The van der Waals surface area contributed by atoms with Gasteiger partial charge in [0, 0.05) is 6.42 Å². The highest BCUT2D eigenvalue weighted by molar-refractivity contribution is 5.97. The van der Waals surface area contributed by atoms with E-state index in [2.05, 4.69) is 5.32 Å². The number of esters is 1. The van der Waals surface area contributed by atoms with Crippen LogP contribution in [0.4, 0.5) is 0 Å². The SMILES string of the molecule is COC(=O)[C@@H](Cc1ccccc1OC)NC(=O)C1c2ccccc2-c2ccccc21. The van der Waals surface area contributed by atoms with Gasteiger partial charge in [0.2, 0.25) is 5.91 Å². The van der Waals surface area contributed by atoms with E-state index in [1.807, 2.05) is 72.8 Å². The third-order valence-electron chi connectivity index (χ3n) is 5.51. The number of ether oxygens (including phenoxy) is 2. The second-order valence-corrected chi connectivity index (χ2v) is 7.21. The number of para-hydroxylation sites is 1. The Morgan fingerprint density at radius 1 is 0.867 bits per heavy atom. The fourth-order valence-electron chi connectivity index (χ4n) is 4.12. The Morgan fingerprint density at radius 3 is 2.03 bits per heavy atom. The minimum absolute atomic E-state index is 0.224. The van der Waals surface area contributed by atoms with Gasteiger partial charge in [-0.15, -0.1) is 0 Å². The predicted molar refractivity (Wildman–Crippen MR) is 114 cm³/mol. The molecule has 0 spiro atoms. The molecule has 0 heterocycles. The standard InChI is InChI=1S/C25H23NO4/c1-29-22-14-8-3-9-16(22)15-21(25(28)30-2)26-24(27)23-19-12-6-4-10-17(19)18-11-5-7-13-20(18)23/h3-14,21,23H,15H2,1-2H3,(H,26,27)/t21-/m1/s1. The first-order valence-electron chi connectivity index (χ1n) is 9.82. The van der Waals surface area contributed by atoms with E-state index in [4.69, 9.17) is 9.47 Å². The van der Waals surface area contributed by atoms with Crippen LogP contribution in [0.2, 0.25) is 0 Å². The first kappa shape index (κ1) is 19.7. The molecule has 0 aliphatic heterocycles. The highest BCUT2D eigenvalue weighted by atomic mass is 16.5. The molecule has 1 atom stereocenters. The van der Waals surface area contributed by atoms with Crippen molar-refractivity contribution >= 4 is 11.9 Å². The summed E-state index contributed by atoms with van der Waals surface area (Å²) >= 11 is 0. The van der Waals surface area contributed by atoms with Gasteiger partial charge in [-0.25, -0.2) is 4.79 Å². The summed E-state index contributed by atoms with van der Waals surface area (Å²) in [6.07, 6.45) is 0.276. The molecule has 0 fully saturated rings. The summed E-state index contributed by atoms with van der Waals surface area (Å²) in [5, 5.41) is 2.92. The molecule has 1 aliphatic rings. The van der Waals surface area contributed by atoms with Crippen LogP contribution in [0.25, 0.3) is 11.1 Å². The molecular formula is C25H23NO4. The summed E-state index contributed by atoms with van der Waals surface area (Å²) < 4.78 is 10.4. The molecule has 0 saturated heterocycles. The van der Waals surface area contributed by atoms with Crippen molar-refractivity contribution in [3.63, 3.8) is 0 Å². The number of hydrogen-bond acceptors (Lipinski definition) is 4. The van der Waals surface area contributed by atoms with E-state index in [0.29, 0.717) is 5.75 Å². The summed E-state index contributed by atoms with van der Waals surface area (Å²) in [6, 6.07) is 22.4. The quantitative estimate of drug-likeness (QED) is 0.640. The van der Waals surface area contributed by atoms with Gasteiger partial charge in [-0.1, -0.05) is 66.7 Å². The normalized spacial score (nSPS) is 13.1. The molecule has 152 valence electrons. The van der Waals surface area contributed by atoms with Crippen molar-refractivity contribution in [2.75, 3.05) is 14.2 Å². The van der Waals surface area contributed by atoms with E-state index in [1.54, 1.807) is 7.11 Å². The van der Waals surface area contributed by atoms with E-state index in [0.717, 1.165) is 27.8 Å². The average Bonchev–Trinajstić information content (AvgIpc) is 3.13. The molecule has 30 heavy (non-hydrogen) atoms. The van der Waals surface area contributed by atoms with Crippen LogP contribution in [-0.2, 0) is 20.7 Å². The van der Waals surface area contributed by atoms with Crippen LogP contribution in [0.5, 0.6) is 5.75 Å². The molecule has 0 radical (unpaired) electrons.